The molecule has 5 rings (SSSR count). The van der Waals surface area contributed by atoms with Crippen LogP contribution in [0.2, 0.25) is 0 Å². The first-order valence-electron chi connectivity index (χ1n) is 10.0. The number of anilines is 2. The van der Waals surface area contributed by atoms with Gasteiger partial charge in [-0.2, -0.15) is 15.2 Å². The quantitative estimate of drug-likeness (QED) is 0.406. The van der Waals surface area contributed by atoms with E-state index in [1.165, 1.54) is 27.7 Å². The number of carbonyl (C=O) groups is 1. The summed E-state index contributed by atoms with van der Waals surface area (Å²) < 4.78 is 0. The van der Waals surface area contributed by atoms with Crippen LogP contribution in [0.25, 0.3) is 11.3 Å². The van der Waals surface area contributed by atoms with Crippen molar-refractivity contribution < 1.29 is 9.90 Å². The van der Waals surface area contributed by atoms with Gasteiger partial charge in [0, 0.05) is 16.5 Å². The monoisotopic (exact) mass is 474 g/mol. The van der Waals surface area contributed by atoms with Crippen LogP contribution in [0.5, 0.6) is 0 Å². The fourth-order valence-corrected chi connectivity index (χ4v) is 4.79. The molecule has 2 aromatic heterocycles. The maximum absolute atomic E-state index is 13.3. The molecule has 0 saturated carbocycles. The highest BCUT2D eigenvalue weighted by Crippen LogP contribution is 2.30. The van der Waals surface area contributed by atoms with E-state index in [0.717, 1.165) is 27.4 Å². The highest BCUT2D eigenvalue weighted by atomic mass is 32.1. The van der Waals surface area contributed by atoms with Crippen molar-refractivity contribution in [3.05, 3.63) is 82.2 Å². The van der Waals surface area contributed by atoms with Crippen LogP contribution in [0.3, 0.4) is 0 Å². The van der Waals surface area contributed by atoms with Crippen LogP contribution in [0.1, 0.15) is 16.1 Å². The summed E-state index contributed by atoms with van der Waals surface area (Å²) in [6.45, 7) is 1.71. The number of rotatable bonds is 6. The molecule has 0 atom stereocenters. The Balaban J connectivity index is 1.49. The van der Waals surface area contributed by atoms with Crippen molar-refractivity contribution in [1.29, 1.82) is 0 Å². The van der Waals surface area contributed by atoms with E-state index in [2.05, 4.69) is 25.6 Å². The molecular weight excluding hydrogens is 456 g/mol. The zero-order chi connectivity index (χ0) is 22.8. The summed E-state index contributed by atoms with van der Waals surface area (Å²) in [5.74, 6) is -0.383. The number of hydrazone groups is 2. The lowest BCUT2D eigenvalue weighted by molar-refractivity contribution is -0.112. The molecule has 2 aromatic carbocycles. The molecule has 164 valence electrons. The van der Waals surface area contributed by atoms with Crippen LogP contribution in [-0.2, 0) is 11.4 Å². The largest absolute Gasteiger partial charge is 0.391 e. The number of aliphatic hydroxyl groups excluding tert-OH is 1. The van der Waals surface area contributed by atoms with Gasteiger partial charge in [-0.05, 0) is 6.92 Å². The van der Waals surface area contributed by atoms with Crippen molar-refractivity contribution in [2.75, 3.05) is 10.4 Å². The van der Waals surface area contributed by atoms with Gasteiger partial charge in [0.1, 0.15) is 5.71 Å². The van der Waals surface area contributed by atoms with Crippen LogP contribution < -0.4 is 10.4 Å². The molecule has 0 saturated heterocycles. The van der Waals surface area contributed by atoms with Gasteiger partial charge in [-0.15, -0.1) is 11.3 Å². The lowest BCUT2D eigenvalue weighted by Crippen LogP contribution is -2.28. The van der Waals surface area contributed by atoms with Crippen LogP contribution in [0.4, 0.5) is 10.3 Å². The fraction of sp³-hybridized carbons (Fsp3) is 0.0870. The average Bonchev–Trinajstić information content (AvgIpc) is 3.56. The summed E-state index contributed by atoms with van der Waals surface area (Å²) in [6.07, 6.45) is 0. The zero-order valence-corrected chi connectivity index (χ0v) is 19.1. The van der Waals surface area contributed by atoms with E-state index in [9.17, 15) is 9.90 Å². The number of hydrogen-bond donors (Lipinski definition) is 2. The van der Waals surface area contributed by atoms with Crippen molar-refractivity contribution in [2.24, 2.45) is 10.2 Å². The van der Waals surface area contributed by atoms with Gasteiger partial charge in [-0.1, -0.05) is 72.0 Å². The number of carbonyl (C=O) groups excluding carboxylic acids is 1. The number of amides is 1. The molecule has 8 nitrogen and oxygen atoms in total. The predicted octanol–water partition coefficient (Wildman–Crippen LogP) is 4.29. The first kappa shape index (κ1) is 21.1. The van der Waals surface area contributed by atoms with E-state index in [1.807, 2.05) is 73.0 Å². The van der Waals surface area contributed by atoms with Gasteiger partial charge >= 0.3 is 5.91 Å². The Labute approximate surface area is 197 Å². The van der Waals surface area contributed by atoms with Crippen molar-refractivity contribution in [3.63, 3.8) is 0 Å². The molecular formula is C23H18N6O2S2. The molecule has 0 fully saturated rings. The SMILES string of the molecule is Cc1nc(N/N=C2\C(=O)N(c3nc(-c4ccccc4)cs3)N=C2c2ccccc2)sc1CO. The standard InChI is InChI=1S/C23H18N6O2S2/c1-14-18(12-30)33-22(24-14)27-26-20-19(16-10-6-3-7-11-16)28-29(21(20)31)23-25-17(13-32-23)15-8-4-2-5-9-15/h2-11,13,30H,12H2,1H3,(H,24,27)/b26-20-. The third kappa shape index (κ3) is 4.19. The molecule has 33 heavy (non-hydrogen) atoms. The molecule has 2 N–H and O–H groups in total. The maximum atomic E-state index is 13.3. The highest BCUT2D eigenvalue weighted by molar-refractivity contribution is 7.15. The van der Waals surface area contributed by atoms with E-state index in [1.54, 1.807) is 0 Å². The third-order valence-corrected chi connectivity index (χ3v) is 6.77. The molecule has 1 amide bonds. The van der Waals surface area contributed by atoms with Crippen LogP contribution in [0.15, 0.2) is 76.2 Å². The Morgan fingerprint density at radius 3 is 2.39 bits per heavy atom. The van der Waals surface area contributed by atoms with Gasteiger partial charge < -0.3 is 5.11 Å². The number of aromatic nitrogens is 2. The molecule has 0 aliphatic carbocycles. The topological polar surface area (TPSA) is 103 Å². The highest BCUT2D eigenvalue weighted by Gasteiger charge is 2.35. The van der Waals surface area contributed by atoms with Gasteiger partial charge in [-0.25, -0.2) is 9.97 Å². The molecule has 1 aliphatic heterocycles. The lowest BCUT2D eigenvalue weighted by atomic mass is 10.1. The fourth-order valence-electron chi connectivity index (χ4n) is 3.24. The van der Waals surface area contributed by atoms with E-state index in [0.29, 0.717) is 16.0 Å². The van der Waals surface area contributed by atoms with E-state index < -0.39 is 0 Å². The molecule has 3 heterocycles. The summed E-state index contributed by atoms with van der Waals surface area (Å²) in [6, 6.07) is 19.2. The van der Waals surface area contributed by atoms with Gasteiger partial charge in [0.05, 0.1) is 22.9 Å². The van der Waals surface area contributed by atoms with Gasteiger partial charge in [0.25, 0.3) is 0 Å². The second-order valence-electron chi connectivity index (χ2n) is 7.07. The predicted molar refractivity (Wildman–Crippen MR) is 132 cm³/mol. The number of aliphatic hydroxyl groups is 1. The summed E-state index contributed by atoms with van der Waals surface area (Å²) in [5, 5.41) is 22.5. The third-order valence-electron chi connectivity index (χ3n) is 4.91. The molecule has 10 heteroatoms. The van der Waals surface area contributed by atoms with Crippen molar-refractivity contribution in [1.82, 2.24) is 9.97 Å². The number of aryl methyl sites for hydroxylation is 1. The maximum Gasteiger partial charge on any atom is 0.303 e. The van der Waals surface area contributed by atoms with E-state index in [4.69, 9.17) is 0 Å². The van der Waals surface area contributed by atoms with Crippen LogP contribution in [0, 0.1) is 6.92 Å². The van der Waals surface area contributed by atoms with Crippen molar-refractivity contribution in [3.8, 4) is 11.3 Å². The second kappa shape index (κ2) is 9.02. The zero-order valence-electron chi connectivity index (χ0n) is 17.5. The number of nitrogens with one attached hydrogen (secondary N) is 1. The normalized spacial score (nSPS) is 14.7. The summed E-state index contributed by atoms with van der Waals surface area (Å²) in [4.78, 5) is 23.0. The molecule has 0 spiro atoms. The van der Waals surface area contributed by atoms with Crippen LogP contribution in [-0.4, -0.2) is 32.4 Å². The molecule has 0 bridgehead atoms. The Hall–Kier alpha value is -3.73. The van der Waals surface area contributed by atoms with E-state index in [-0.39, 0.29) is 18.2 Å². The minimum Gasteiger partial charge on any atom is -0.391 e. The van der Waals surface area contributed by atoms with Gasteiger partial charge in [0.2, 0.25) is 10.3 Å². The Morgan fingerprint density at radius 1 is 1.03 bits per heavy atom. The van der Waals surface area contributed by atoms with Crippen molar-refractivity contribution >= 4 is 50.3 Å². The first-order valence-corrected chi connectivity index (χ1v) is 11.7. The molecule has 1 aliphatic rings. The van der Waals surface area contributed by atoms with Gasteiger partial charge in [0.15, 0.2) is 5.71 Å². The number of thiazole rings is 2. The number of benzene rings is 2. The minimum atomic E-state index is -0.383. The Bertz CT molecular complexity index is 1360. The molecule has 4 aromatic rings. The summed E-state index contributed by atoms with van der Waals surface area (Å²) >= 11 is 2.63. The number of hydrogen-bond acceptors (Lipinski definition) is 9. The Morgan fingerprint density at radius 2 is 1.73 bits per heavy atom. The molecule has 0 unspecified atom stereocenters. The van der Waals surface area contributed by atoms with Crippen LogP contribution >= 0.6 is 22.7 Å². The van der Waals surface area contributed by atoms with E-state index >= 15 is 0 Å². The Kier molecular flexibility index (Phi) is 5.78. The second-order valence-corrected chi connectivity index (χ2v) is 8.99. The molecule has 0 radical (unpaired) electrons. The van der Waals surface area contributed by atoms with Gasteiger partial charge in [-0.3, -0.25) is 10.2 Å². The first-order chi connectivity index (χ1) is 16.1. The summed E-state index contributed by atoms with van der Waals surface area (Å²) in [5.41, 5.74) is 6.69. The average molecular weight is 475 g/mol. The van der Waals surface area contributed by atoms with Crippen molar-refractivity contribution in [2.45, 2.75) is 13.5 Å². The smallest absolute Gasteiger partial charge is 0.303 e. The lowest BCUT2D eigenvalue weighted by Gasteiger charge is -2.06. The minimum absolute atomic E-state index is 0.0982. The summed E-state index contributed by atoms with van der Waals surface area (Å²) in [7, 11) is 0. The number of nitrogens with zero attached hydrogens (tertiary/aromatic N) is 5.